The van der Waals surface area contributed by atoms with E-state index >= 15 is 0 Å². The molecule has 3 nitrogen and oxygen atoms in total. The summed E-state index contributed by atoms with van der Waals surface area (Å²) in [5.41, 5.74) is 2.99. The molecule has 0 saturated carbocycles. The first-order chi connectivity index (χ1) is 9.11. The molecule has 1 aromatic carbocycles. The third-order valence-corrected chi connectivity index (χ3v) is 4.04. The van der Waals surface area contributed by atoms with Crippen molar-refractivity contribution in [2.45, 2.75) is 26.4 Å². The summed E-state index contributed by atoms with van der Waals surface area (Å²) in [5.74, 6) is 0.605. The third-order valence-electron chi connectivity index (χ3n) is 3.05. The van der Waals surface area contributed by atoms with E-state index in [1.165, 1.54) is 5.56 Å². The molecule has 19 heavy (non-hydrogen) atoms. The molecule has 1 unspecified atom stereocenters. The lowest BCUT2D eigenvalue weighted by atomic mass is 10.1. The highest BCUT2D eigenvalue weighted by molar-refractivity contribution is 7.09. The molecule has 98 valence electrons. The number of rotatable bonds is 3. The third kappa shape index (κ3) is 2.55. The maximum absolute atomic E-state index is 10.2. The fraction of sp³-hybridized carbons (Fsp3) is 0.267. The van der Waals surface area contributed by atoms with Crippen LogP contribution in [0.15, 0.2) is 34.1 Å². The summed E-state index contributed by atoms with van der Waals surface area (Å²) < 4.78 is 5.69. The van der Waals surface area contributed by atoms with Gasteiger partial charge in [0.05, 0.1) is 5.01 Å². The minimum absolute atomic E-state index is 0.497. The van der Waals surface area contributed by atoms with Crippen molar-refractivity contribution < 1.29 is 9.52 Å². The predicted molar refractivity (Wildman–Crippen MR) is 76.5 cm³/mol. The standard InChI is InChI=1S/C15H15NO2S/c1-9-3-4-13-11(5-9)6-14(18-13)12(17)7-15-16-10(2)8-19-15/h3-6,8,12,17H,7H2,1-2H3. The Morgan fingerprint density at radius 3 is 2.89 bits per heavy atom. The van der Waals surface area contributed by atoms with E-state index in [1.54, 1.807) is 11.3 Å². The molecule has 2 aromatic heterocycles. The molecule has 0 saturated heterocycles. The monoisotopic (exact) mass is 273 g/mol. The summed E-state index contributed by atoms with van der Waals surface area (Å²) >= 11 is 1.57. The number of thiazole rings is 1. The lowest BCUT2D eigenvalue weighted by Gasteiger charge is -2.04. The molecule has 0 aliphatic heterocycles. The highest BCUT2D eigenvalue weighted by Crippen LogP contribution is 2.27. The van der Waals surface area contributed by atoms with Crippen molar-refractivity contribution in [3.05, 3.63) is 51.7 Å². The molecule has 0 radical (unpaired) electrons. The second kappa shape index (κ2) is 4.79. The normalized spacial score (nSPS) is 13.0. The summed E-state index contributed by atoms with van der Waals surface area (Å²) in [6.07, 6.45) is -0.143. The van der Waals surface area contributed by atoms with Gasteiger partial charge in [-0.2, -0.15) is 0 Å². The van der Waals surface area contributed by atoms with E-state index < -0.39 is 6.10 Å². The van der Waals surface area contributed by atoms with E-state index in [2.05, 4.69) is 11.1 Å². The molecule has 3 rings (SSSR count). The van der Waals surface area contributed by atoms with Gasteiger partial charge in [0.2, 0.25) is 0 Å². The first-order valence-electron chi connectivity index (χ1n) is 6.21. The van der Waals surface area contributed by atoms with Crippen LogP contribution in [0, 0.1) is 13.8 Å². The first-order valence-corrected chi connectivity index (χ1v) is 7.09. The van der Waals surface area contributed by atoms with Gasteiger partial charge >= 0.3 is 0 Å². The van der Waals surface area contributed by atoms with Gasteiger partial charge in [-0.15, -0.1) is 11.3 Å². The number of aliphatic hydroxyl groups is 1. The van der Waals surface area contributed by atoms with Crippen molar-refractivity contribution in [2.24, 2.45) is 0 Å². The second-order valence-corrected chi connectivity index (χ2v) is 5.74. The van der Waals surface area contributed by atoms with Crippen LogP contribution in [0.25, 0.3) is 11.0 Å². The number of aliphatic hydroxyl groups excluding tert-OH is 1. The fourth-order valence-corrected chi connectivity index (χ4v) is 2.92. The Kier molecular flexibility index (Phi) is 3.12. The molecule has 1 atom stereocenters. The van der Waals surface area contributed by atoms with Gasteiger partial charge in [0, 0.05) is 22.9 Å². The summed E-state index contributed by atoms with van der Waals surface area (Å²) in [7, 11) is 0. The fourth-order valence-electron chi connectivity index (χ4n) is 2.11. The topological polar surface area (TPSA) is 46.3 Å². The molecular weight excluding hydrogens is 258 g/mol. The van der Waals surface area contributed by atoms with Gasteiger partial charge in [-0.3, -0.25) is 0 Å². The zero-order valence-corrected chi connectivity index (χ0v) is 11.7. The van der Waals surface area contributed by atoms with Crippen LogP contribution < -0.4 is 0 Å². The molecule has 0 fully saturated rings. The van der Waals surface area contributed by atoms with Crippen molar-refractivity contribution >= 4 is 22.3 Å². The van der Waals surface area contributed by atoms with Gasteiger partial charge in [-0.05, 0) is 32.0 Å². The van der Waals surface area contributed by atoms with Crippen LogP contribution in [-0.4, -0.2) is 10.1 Å². The average molecular weight is 273 g/mol. The first kappa shape index (κ1) is 12.4. The Bertz CT molecular complexity index is 714. The number of aryl methyl sites for hydroxylation is 2. The zero-order chi connectivity index (χ0) is 13.4. The van der Waals surface area contributed by atoms with Gasteiger partial charge in [-0.1, -0.05) is 11.6 Å². The van der Waals surface area contributed by atoms with Crippen LogP contribution in [0.1, 0.15) is 28.1 Å². The van der Waals surface area contributed by atoms with E-state index in [0.717, 1.165) is 21.7 Å². The maximum atomic E-state index is 10.2. The van der Waals surface area contributed by atoms with E-state index in [0.29, 0.717) is 12.2 Å². The summed E-state index contributed by atoms with van der Waals surface area (Å²) in [6.45, 7) is 4.00. The van der Waals surface area contributed by atoms with Crippen LogP contribution in [0.4, 0.5) is 0 Å². The lowest BCUT2D eigenvalue weighted by molar-refractivity contribution is 0.152. The lowest BCUT2D eigenvalue weighted by Crippen LogP contribution is -1.99. The number of benzene rings is 1. The molecule has 2 heterocycles. The minimum atomic E-state index is -0.641. The van der Waals surface area contributed by atoms with Crippen LogP contribution in [0.5, 0.6) is 0 Å². The number of hydrogen-bond acceptors (Lipinski definition) is 4. The molecule has 4 heteroatoms. The molecule has 0 aliphatic rings. The SMILES string of the molecule is Cc1ccc2oc(C(O)Cc3nc(C)cs3)cc2c1. The van der Waals surface area contributed by atoms with Gasteiger partial charge in [0.25, 0.3) is 0 Å². The largest absolute Gasteiger partial charge is 0.458 e. The summed E-state index contributed by atoms with van der Waals surface area (Å²) in [6, 6.07) is 7.91. The van der Waals surface area contributed by atoms with Crippen LogP contribution in [0.2, 0.25) is 0 Å². The van der Waals surface area contributed by atoms with Crippen molar-refractivity contribution in [1.82, 2.24) is 4.98 Å². The smallest absolute Gasteiger partial charge is 0.134 e. The molecule has 0 bridgehead atoms. The Hall–Kier alpha value is -1.65. The Balaban J connectivity index is 1.86. The zero-order valence-electron chi connectivity index (χ0n) is 10.9. The molecule has 3 aromatic rings. The van der Waals surface area contributed by atoms with Gasteiger partial charge in [0.15, 0.2) is 0 Å². The second-order valence-electron chi connectivity index (χ2n) is 4.79. The Morgan fingerprint density at radius 2 is 2.16 bits per heavy atom. The number of nitrogens with zero attached hydrogens (tertiary/aromatic N) is 1. The van der Waals surface area contributed by atoms with Crippen molar-refractivity contribution in [2.75, 3.05) is 0 Å². The van der Waals surface area contributed by atoms with E-state index in [4.69, 9.17) is 4.42 Å². The van der Waals surface area contributed by atoms with E-state index in [9.17, 15) is 5.11 Å². The van der Waals surface area contributed by atoms with Crippen LogP contribution in [-0.2, 0) is 6.42 Å². The molecular formula is C15H15NO2S. The highest BCUT2D eigenvalue weighted by Gasteiger charge is 2.15. The molecule has 0 spiro atoms. The van der Waals surface area contributed by atoms with Gasteiger partial charge in [0.1, 0.15) is 17.4 Å². The molecule has 0 amide bonds. The molecule has 1 N–H and O–H groups in total. The van der Waals surface area contributed by atoms with Gasteiger partial charge in [-0.25, -0.2) is 4.98 Å². The number of fused-ring (bicyclic) bond motifs is 1. The predicted octanol–water partition coefficient (Wildman–Crippen LogP) is 3.78. The summed E-state index contributed by atoms with van der Waals surface area (Å²) in [5, 5.41) is 14.2. The van der Waals surface area contributed by atoms with Crippen molar-refractivity contribution in [3.63, 3.8) is 0 Å². The maximum Gasteiger partial charge on any atom is 0.134 e. The molecule has 0 aliphatic carbocycles. The van der Waals surface area contributed by atoms with Crippen molar-refractivity contribution in [1.29, 1.82) is 0 Å². The van der Waals surface area contributed by atoms with Crippen LogP contribution in [0.3, 0.4) is 0 Å². The van der Waals surface area contributed by atoms with Crippen molar-refractivity contribution in [3.8, 4) is 0 Å². The van der Waals surface area contributed by atoms with Crippen LogP contribution >= 0.6 is 11.3 Å². The average Bonchev–Trinajstić information content (AvgIpc) is 2.95. The minimum Gasteiger partial charge on any atom is -0.458 e. The Labute approximate surface area is 115 Å². The van der Waals surface area contributed by atoms with E-state index in [1.807, 2.05) is 37.4 Å². The number of hydrogen-bond donors (Lipinski definition) is 1. The van der Waals surface area contributed by atoms with E-state index in [-0.39, 0.29) is 0 Å². The van der Waals surface area contributed by atoms with Gasteiger partial charge < -0.3 is 9.52 Å². The number of furan rings is 1. The number of aromatic nitrogens is 1. The Morgan fingerprint density at radius 1 is 1.32 bits per heavy atom. The quantitative estimate of drug-likeness (QED) is 0.790. The highest BCUT2D eigenvalue weighted by atomic mass is 32.1. The summed E-state index contributed by atoms with van der Waals surface area (Å²) in [4.78, 5) is 4.36.